The number of carbonyl (C=O) groups is 2. The number of nitrogens with one attached hydrogen (secondary N) is 2. The third kappa shape index (κ3) is 5.29. The van der Waals surface area contributed by atoms with Crippen LogP contribution in [0.25, 0.3) is 0 Å². The Morgan fingerprint density at radius 1 is 0.966 bits per heavy atom. The first-order chi connectivity index (χ1) is 14.1. The Hall–Kier alpha value is -3.94. The molecule has 8 heteroatoms. The van der Waals surface area contributed by atoms with Gasteiger partial charge >= 0.3 is 5.97 Å². The molecular weight excluding hydrogens is 372 g/mol. The van der Waals surface area contributed by atoms with Gasteiger partial charge in [-0.15, -0.1) is 10.2 Å². The third-order valence-corrected chi connectivity index (χ3v) is 3.88. The Morgan fingerprint density at radius 2 is 1.76 bits per heavy atom. The van der Waals surface area contributed by atoms with Gasteiger partial charge < -0.3 is 20.1 Å². The zero-order valence-corrected chi connectivity index (χ0v) is 16.0. The number of carbonyl (C=O) groups excluding carboxylic acids is 2. The van der Waals surface area contributed by atoms with E-state index in [9.17, 15) is 9.59 Å². The van der Waals surface area contributed by atoms with Gasteiger partial charge in [-0.1, -0.05) is 6.07 Å². The summed E-state index contributed by atoms with van der Waals surface area (Å²) in [7, 11) is 1.32. The van der Waals surface area contributed by atoms with Crippen molar-refractivity contribution in [1.29, 1.82) is 0 Å². The molecule has 3 rings (SSSR count). The van der Waals surface area contributed by atoms with E-state index in [-0.39, 0.29) is 11.6 Å². The lowest BCUT2D eigenvalue weighted by Crippen LogP contribution is -2.14. The van der Waals surface area contributed by atoms with Crippen molar-refractivity contribution in [3.63, 3.8) is 0 Å². The monoisotopic (exact) mass is 392 g/mol. The predicted molar refractivity (Wildman–Crippen MR) is 109 cm³/mol. The Kier molecular flexibility index (Phi) is 6.36. The molecule has 0 aliphatic heterocycles. The Labute approximate surface area is 167 Å². The van der Waals surface area contributed by atoms with Gasteiger partial charge in [0.05, 0.1) is 19.3 Å². The maximum atomic E-state index is 12.3. The van der Waals surface area contributed by atoms with E-state index in [0.29, 0.717) is 29.4 Å². The fourth-order valence-corrected chi connectivity index (χ4v) is 2.51. The third-order valence-electron chi connectivity index (χ3n) is 3.88. The molecule has 1 amide bonds. The van der Waals surface area contributed by atoms with Gasteiger partial charge in [-0.05, 0) is 61.5 Å². The molecule has 2 N–H and O–H groups in total. The highest BCUT2D eigenvalue weighted by Crippen LogP contribution is 2.18. The quantitative estimate of drug-likeness (QED) is 0.592. The summed E-state index contributed by atoms with van der Waals surface area (Å²) in [4.78, 5) is 23.9. The van der Waals surface area contributed by atoms with Crippen LogP contribution in [0.2, 0.25) is 0 Å². The standard InChI is InChI=1S/C21H20N4O4/c1-3-29-17-9-7-15(8-10-17)23-20(26)18-11-12-19(25-24-18)22-16-6-4-5-14(13-16)21(27)28-2/h4-13H,3H2,1-2H3,(H,22,25)(H,23,26). The van der Waals surface area contributed by atoms with E-state index in [1.807, 2.05) is 6.92 Å². The number of esters is 1. The van der Waals surface area contributed by atoms with Crippen LogP contribution in [0, 0.1) is 0 Å². The van der Waals surface area contributed by atoms with Gasteiger partial charge in [0, 0.05) is 11.4 Å². The SMILES string of the molecule is CCOc1ccc(NC(=O)c2ccc(Nc3cccc(C(=O)OC)c3)nn2)cc1. The highest BCUT2D eigenvalue weighted by Gasteiger charge is 2.10. The molecule has 0 saturated carbocycles. The minimum Gasteiger partial charge on any atom is -0.494 e. The van der Waals surface area contributed by atoms with Gasteiger partial charge in [0.2, 0.25) is 0 Å². The molecule has 0 atom stereocenters. The summed E-state index contributed by atoms with van der Waals surface area (Å²) >= 11 is 0. The molecule has 0 radical (unpaired) electrons. The van der Waals surface area contributed by atoms with Crippen molar-refractivity contribution in [2.24, 2.45) is 0 Å². The number of methoxy groups -OCH3 is 1. The van der Waals surface area contributed by atoms with Crippen molar-refractivity contribution < 1.29 is 19.1 Å². The molecule has 8 nitrogen and oxygen atoms in total. The van der Waals surface area contributed by atoms with E-state index < -0.39 is 5.97 Å². The second kappa shape index (κ2) is 9.32. The highest BCUT2D eigenvalue weighted by atomic mass is 16.5. The lowest BCUT2D eigenvalue weighted by Gasteiger charge is -2.08. The van der Waals surface area contributed by atoms with E-state index in [4.69, 9.17) is 9.47 Å². The molecule has 0 fully saturated rings. The number of hydrogen-bond donors (Lipinski definition) is 2. The number of benzene rings is 2. The summed E-state index contributed by atoms with van der Waals surface area (Å²) in [5.41, 5.74) is 1.86. The summed E-state index contributed by atoms with van der Waals surface area (Å²) < 4.78 is 10.1. The van der Waals surface area contributed by atoms with Crippen LogP contribution in [0.1, 0.15) is 27.8 Å². The molecule has 0 bridgehead atoms. The number of aromatic nitrogens is 2. The number of rotatable bonds is 7. The van der Waals surface area contributed by atoms with Crippen LogP contribution in [-0.2, 0) is 4.74 Å². The average molecular weight is 392 g/mol. The van der Waals surface area contributed by atoms with Crippen molar-refractivity contribution in [1.82, 2.24) is 10.2 Å². The lowest BCUT2D eigenvalue weighted by atomic mass is 10.2. The van der Waals surface area contributed by atoms with Gasteiger partial charge in [0.1, 0.15) is 5.75 Å². The number of nitrogens with zero attached hydrogens (tertiary/aromatic N) is 2. The van der Waals surface area contributed by atoms with Gasteiger partial charge in [0.15, 0.2) is 11.5 Å². The van der Waals surface area contributed by atoms with Crippen LogP contribution < -0.4 is 15.4 Å². The number of amides is 1. The molecule has 1 heterocycles. The Bertz CT molecular complexity index is 988. The van der Waals surface area contributed by atoms with E-state index in [1.165, 1.54) is 7.11 Å². The molecule has 1 aromatic heterocycles. The fourth-order valence-electron chi connectivity index (χ4n) is 2.51. The Morgan fingerprint density at radius 3 is 2.41 bits per heavy atom. The first-order valence-electron chi connectivity index (χ1n) is 8.92. The predicted octanol–water partition coefficient (Wildman–Crippen LogP) is 3.66. The van der Waals surface area contributed by atoms with E-state index in [2.05, 4.69) is 20.8 Å². The first kappa shape index (κ1) is 19.8. The molecule has 2 aromatic carbocycles. The summed E-state index contributed by atoms with van der Waals surface area (Å²) in [5.74, 6) is 0.364. The van der Waals surface area contributed by atoms with Gasteiger partial charge in [0.25, 0.3) is 5.91 Å². The summed E-state index contributed by atoms with van der Waals surface area (Å²) in [5, 5.41) is 13.7. The van der Waals surface area contributed by atoms with Gasteiger partial charge in [-0.2, -0.15) is 0 Å². The maximum absolute atomic E-state index is 12.3. The molecular formula is C21H20N4O4. The summed E-state index contributed by atoms with van der Waals surface area (Å²) in [6.07, 6.45) is 0. The van der Waals surface area contributed by atoms with Crippen molar-refractivity contribution in [2.45, 2.75) is 6.92 Å². The van der Waals surface area contributed by atoms with Crippen LogP contribution in [0.3, 0.4) is 0 Å². The second-order valence-corrected chi connectivity index (χ2v) is 5.91. The average Bonchev–Trinajstić information content (AvgIpc) is 2.75. The van der Waals surface area contributed by atoms with E-state index >= 15 is 0 Å². The van der Waals surface area contributed by atoms with Crippen molar-refractivity contribution in [2.75, 3.05) is 24.4 Å². The number of anilines is 3. The van der Waals surface area contributed by atoms with Crippen LogP contribution >= 0.6 is 0 Å². The fraction of sp³-hybridized carbons (Fsp3) is 0.143. The number of ether oxygens (including phenoxy) is 2. The van der Waals surface area contributed by atoms with Crippen LogP contribution in [-0.4, -0.2) is 35.8 Å². The second-order valence-electron chi connectivity index (χ2n) is 5.91. The van der Waals surface area contributed by atoms with Crippen molar-refractivity contribution in [3.05, 3.63) is 71.9 Å². The molecule has 0 saturated heterocycles. The molecule has 0 aliphatic rings. The molecule has 29 heavy (non-hydrogen) atoms. The van der Waals surface area contributed by atoms with Crippen molar-refractivity contribution >= 4 is 29.1 Å². The molecule has 0 unspecified atom stereocenters. The first-order valence-corrected chi connectivity index (χ1v) is 8.92. The largest absolute Gasteiger partial charge is 0.494 e. The minimum absolute atomic E-state index is 0.174. The topological polar surface area (TPSA) is 102 Å². The van der Waals surface area contributed by atoms with E-state index in [1.54, 1.807) is 60.7 Å². The molecule has 148 valence electrons. The summed E-state index contributed by atoms with van der Waals surface area (Å²) in [6, 6.07) is 17.0. The van der Waals surface area contributed by atoms with Crippen molar-refractivity contribution in [3.8, 4) is 5.75 Å². The normalized spacial score (nSPS) is 10.1. The smallest absolute Gasteiger partial charge is 0.337 e. The zero-order chi connectivity index (χ0) is 20.6. The molecule has 0 spiro atoms. The highest BCUT2D eigenvalue weighted by molar-refractivity contribution is 6.02. The maximum Gasteiger partial charge on any atom is 0.337 e. The Balaban J connectivity index is 1.63. The van der Waals surface area contributed by atoms with Gasteiger partial charge in [-0.25, -0.2) is 4.79 Å². The number of hydrogen-bond acceptors (Lipinski definition) is 7. The lowest BCUT2D eigenvalue weighted by molar-refractivity contribution is 0.0600. The summed E-state index contributed by atoms with van der Waals surface area (Å²) in [6.45, 7) is 2.48. The van der Waals surface area contributed by atoms with Crippen LogP contribution in [0.15, 0.2) is 60.7 Å². The molecule has 0 aliphatic carbocycles. The minimum atomic E-state index is -0.430. The van der Waals surface area contributed by atoms with Crippen LogP contribution in [0.5, 0.6) is 5.75 Å². The van der Waals surface area contributed by atoms with Gasteiger partial charge in [-0.3, -0.25) is 4.79 Å². The van der Waals surface area contributed by atoms with Crippen LogP contribution in [0.4, 0.5) is 17.2 Å². The zero-order valence-electron chi connectivity index (χ0n) is 16.0. The van der Waals surface area contributed by atoms with E-state index in [0.717, 1.165) is 5.75 Å². The molecule has 3 aromatic rings.